The Morgan fingerprint density at radius 3 is 2.65 bits per heavy atom. The number of hydrogen-bond donors (Lipinski definition) is 0. The van der Waals surface area contributed by atoms with E-state index in [4.69, 9.17) is 28.0 Å². The standard InChI is InChI=1S/C11H10Cl2N2O2/c12-9-2-1-3-10(13)8(9)6-14-17-7-11(16)15-4-5-15/h1-3,6H,4-5,7H2/b14-6+. The van der Waals surface area contributed by atoms with Crippen molar-refractivity contribution in [2.24, 2.45) is 5.16 Å². The third kappa shape index (κ3) is 3.35. The van der Waals surface area contributed by atoms with Gasteiger partial charge >= 0.3 is 0 Å². The van der Waals surface area contributed by atoms with Crippen LogP contribution in [0.5, 0.6) is 0 Å². The van der Waals surface area contributed by atoms with Gasteiger partial charge in [0.1, 0.15) is 0 Å². The van der Waals surface area contributed by atoms with Crippen LogP contribution in [-0.2, 0) is 9.63 Å². The van der Waals surface area contributed by atoms with Crippen molar-refractivity contribution < 1.29 is 9.63 Å². The summed E-state index contributed by atoms with van der Waals surface area (Å²) in [6, 6.07) is 5.15. The topological polar surface area (TPSA) is 41.7 Å². The van der Waals surface area contributed by atoms with Gasteiger partial charge in [-0.1, -0.05) is 34.4 Å². The van der Waals surface area contributed by atoms with E-state index in [9.17, 15) is 4.79 Å². The molecular formula is C11H10Cl2N2O2. The Morgan fingerprint density at radius 2 is 2.06 bits per heavy atom. The van der Waals surface area contributed by atoms with Crippen LogP contribution < -0.4 is 0 Å². The van der Waals surface area contributed by atoms with Crippen molar-refractivity contribution in [3.05, 3.63) is 33.8 Å². The maximum absolute atomic E-state index is 11.2. The maximum Gasteiger partial charge on any atom is 0.263 e. The van der Waals surface area contributed by atoms with Gasteiger partial charge in [-0.2, -0.15) is 0 Å². The minimum absolute atomic E-state index is 0.0570. The first-order valence-electron chi connectivity index (χ1n) is 5.05. The molecular weight excluding hydrogens is 263 g/mol. The molecule has 1 aliphatic heterocycles. The average molecular weight is 273 g/mol. The molecule has 1 fully saturated rings. The van der Waals surface area contributed by atoms with E-state index in [2.05, 4.69) is 5.16 Å². The van der Waals surface area contributed by atoms with E-state index in [-0.39, 0.29) is 12.5 Å². The lowest BCUT2D eigenvalue weighted by molar-refractivity contribution is -0.130. The second kappa shape index (κ2) is 5.38. The summed E-state index contributed by atoms with van der Waals surface area (Å²) < 4.78 is 0. The van der Waals surface area contributed by atoms with Gasteiger partial charge in [0.05, 0.1) is 16.3 Å². The molecule has 1 saturated heterocycles. The molecule has 0 unspecified atom stereocenters. The van der Waals surface area contributed by atoms with Crippen molar-refractivity contribution in [1.82, 2.24) is 4.90 Å². The molecule has 0 aliphatic carbocycles. The van der Waals surface area contributed by atoms with Crippen molar-refractivity contribution in [2.75, 3.05) is 19.7 Å². The van der Waals surface area contributed by atoms with Crippen molar-refractivity contribution in [3.8, 4) is 0 Å². The highest BCUT2D eigenvalue weighted by Gasteiger charge is 2.23. The molecule has 0 spiro atoms. The Balaban J connectivity index is 1.89. The number of carbonyl (C=O) groups excluding carboxylic acids is 1. The molecule has 1 heterocycles. The Bertz CT molecular complexity index is 439. The number of halogens is 2. The molecule has 1 amide bonds. The van der Waals surface area contributed by atoms with Crippen molar-refractivity contribution in [1.29, 1.82) is 0 Å². The van der Waals surface area contributed by atoms with Gasteiger partial charge in [0.15, 0.2) is 6.61 Å². The zero-order valence-corrected chi connectivity index (χ0v) is 10.4. The number of amides is 1. The van der Waals surface area contributed by atoms with E-state index in [0.29, 0.717) is 15.6 Å². The molecule has 1 aromatic rings. The molecule has 0 saturated carbocycles. The largest absolute Gasteiger partial charge is 0.386 e. The number of carbonyl (C=O) groups is 1. The van der Waals surface area contributed by atoms with Gasteiger partial charge in [0.25, 0.3) is 5.91 Å². The minimum Gasteiger partial charge on any atom is -0.386 e. The van der Waals surface area contributed by atoms with Gasteiger partial charge in [-0.25, -0.2) is 0 Å². The van der Waals surface area contributed by atoms with Crippen LogP contribution in [0.1, 0.15) is 5.56 Å². The summed E-state index contributed by atoms with van der Waals surface area (Å²) in [5.74, 6) is -0.0626. The third-order valence-electron chi connectivity index (χ3n) is 2.24. The molecule has 17 heavy (non-hydrogen) atoms. The van der Waals surface area contributed by atoms with Crippen LogP contribution in [-0.4, -0.2) is 36.7 Å². The number of rotatable bonds is 4. The summed E-state index contributed by atoms with van der Waals surface area (Å²) in [5, 5.41) is 4.65. The zero-order valence-electron chi connectivity index (χ0n) is 8.90. The summed E-state index contributed by atoms with van der Waals surface area (Å²) in [6.45, 7) is 1.56. The van der Waals surface area contributed by atoms with Crippen molar-refractivity contribution in [2.45, 2.75) is 0 Å². The van der Waals surface area contributed by atoms with E-state index in [0.717, 1.165) is 13.1 Å². The fourth-order valence-corrected chi connectivity index (χ4v) is 1.70. The lowest BCUT2D eigenvalue weighted by atomic mass is 10.2. The Morgan fingerprint density at radius 1 is 1.41 bits per heavy atom. The van der Waals surface area contributed by atoms with E-state index in [1.807, 2.05) is 0 Å². The Hall–Kier alpha value is -1.26. The molecule has 0 N–H and O–H groups in total. The van der Waals surface area contributed by atoms with Crippen LogP contribution in [0.2, 0.25) is 10.0 Å². The van der Waals surface area contributed by atoms with Gasteiger partial charge in [-0.15, -0.1) is 0 Å². The van der Waals surface area contributed by atoms with Crippen LogP contribution in [0, 0.1) is 0 Å². The Kier molecular flexibility index (Phi) is 3.86. The predicted octanol–water partition coefficient (Wildman–Crippen LogP) is 2.19. The summed E-state index contributed by atoms with van der Waals surface area (Å²) >= 11 is 11.9. The summed E-state index contributed by atoms with van der Waals surface area (Å²) in [5.41, 5.74) is 0.579. The molecule has 0 atom stereocenters. The second-order valence-electron chi connectivity index (χ2n) is 3.52. The second-order valence-corrected chi connectivity index (χ2v) is 4.34. The SMILES string of the molecule is O=C(CO/N=C/c1c(Cl)cccc1Cl)N1CC1. The van der Waals surface area contributed by atoms with E-state index < -0.39 is 0 Å². The average Bonchev–Trinajstić information content (AvgIpc) is 3.11. The van der Waals surface area contributed by atoms with Gasteiger partial charge in [0, 0.05) is 18.7 Å². The van der Waals surface area contributed by atoms with Crippen molar-refractivity contribution >= 4 is 35.3 Å². The first-order chi connectivity index (χ1) is 8.18. The predicted molar refractivity (Wildman–Crippen MR) is 66.6 cm³/mol. The smallest absolute Gasteiger partial charge is 0.263 e. The lowest BCUT2D eigenvalue weighted by Gasteiger charge is -2.01. The Labute approximate surface area is 109 Å². The van der Waals surface area contributed by atoms with Crippen molar-refractivity contribution in [3.63, 3.8) is 0 Å². The molecule has 2 rings (SSSR count). The highest BCUT2D eigenvalue weighted by atomic mass is 35.5. The first-order valence-corrected chi connectivity index (χ1v) is 5.81. The normalized spacial score (nSPS) is 14.1. The lowest BCUT2D eigenvalue weighted by Crippen LogP contribution is -2.15. The van der Waals surface area contributed by atoms with E-state index >= 15 is 0 Å². The van der Waals surface area contributed by atoms with Crippen LogP contribution in [0.15, 0.2) is 23.4 Å². The molecule has 0 aromatic heterocycles. The van der Waals surface area contributed by atoms with Gasteiger partial charge in [-0.3, -0.25) is 4.79 Å². The molecule has 6 heteroatoms. The molecule has 0 radical (unpaired) electrons. The highest BCUT2D eigenvalue weighted by molar-refractivity contribution is 6.38. The third-order valence-corrected chi connectivity index (χ3v) is 2.90. The van der Waals surface area contributed by atoms with Crippen LogP contribution in [0.3, 0.4) is 0 Å². The summed E-state index contributed by atoms with van der Waals surface area (Å²) in [7, 11) is 0. The maximum atomic E-state index is 11.2. The van der Waals surface area contributed by atoms with E-state index in [1.54, 1.807) is 23.1 Å². The summed E-state index contributed by atoms with van der Waals surface area (Å²) in [6.07, 6.45) is 1.40. The zero-order chi connectivity index (χ0) is 12.3. The molecule has 0 bridgehead atoms. The van der Waals surface area contributed by atoms with Crippen LogP contribution >= 0.6 is 23.2 Å². The molecule has 90 valence electrons. The quantitative estimate of drug-likeness (QED) is 0.479. The minimum atomic E-state index is -0.0626. The highest BCUT2D eigenvalue weighted by Crippen LogP contribution is 2.22. The molecule has 4 nitrogen and oxygen atoms in total. The number of nitrogens with zero attached hydrogens (tertiary/aromatic N) is 2. The van der Waals surface area contributed by atoms with Crippen LogP contribution in [0.4, 0.5) is 0 Å². The van der Waals surface area contributed by atoms with E-state index in [1.165, 1.54) is 6.21 Å². The monoisotopic (exact) mass is 272 g/mol. The van der Waals surface area contributed by atoms with Crippen LogP contribution in [0.25, 0.3) is 0 Å². The van der Waals surface area contributed by atoms with Gasteiger partial charge in [-0.05, 0) is 12.1 Å². The number of oxime groups is 1. The summed E-state index contributed by atoms with van der Waals surface area (Å²) in [4.78, 5) is 17.8. The fraction of sp³-hybridized carbons (Fsp3) is 0.273. The number of benzene rings is 1. The van der Waals surface area contributed by atoms with Gasteiger partial charge < -0.3 is 9.74 Å². The molecule has 1 aromatic carbocycles. The first kappa shape index (κ1) is 12.2. The van der Waals surface area contributed by atoms with Gasteiger partial charge in [0.2, 0.25) is 0 Å². The fourth-order valence-electron chi connectivity index (χ4n) is 1.21. The number of hydrogen-bond acceptors (Lipinski definition) is 3. The molecule has 1 aliphatic rings.